The Bertz CT molecular complexity index is 227. The van der Waals surface area contributed by atoms with Gasteiger partial charge in [0.2, 0.25) is 5.91 Å². The molecule has 0 aromatic rings. The Morgan fingerprint density at radius 3 is 2.69 bits per heavy atom. The number of nitrogens with zero attached hydrogens (tertiary/aromatic N) is 4. The molecule has 13 heavy (non-hydrogen) atoms. The quantitative estimate of drug-likeness (QED) is 0.297. The fraction of sp³-hybridized carbons (Fsp3) is 0.857. The number of carbonyl (C=O) groups excluding carboxylic acids is 1. The normalized spacial score (nSPS) is 17.8. The molecule has 0 aromatic heterocycles. The van der Waals surface area contributed by atoms with Crippen LogP contribution in [0.15, 0.2) is 5.22 Å². The van der Waals surface area contributed by atoms with Gasteiger partial charge in [-0.25, -0.2) is 0 Å². The summed E-state index contributed by atoms with van der Waals surface area (Å²) < 4.78 is 0. The van der Waals surface area contributed by atoms with Crippen LogP contribution in [0.2, 0.25) is 0 Å². The fourth-order valence-electron chi connectivity index (χ4n) is 1.43. The molecule has 0 aliphatic carbocycles. The molecule has 1 saturated heterocycles. The van der Waals surface area contributed by atoms with E-state index in [1.165, 1.54) is 0 Å². The summed E-state index contributed by atoms with van der Waals surface area (Å²) >= 11 is 0. The molecule has 6 nitrogen and oxygen atoms in total. The molecule has 72 valence electrons. The van der Waals surface area contributed by atoms with Crippen molar-refractivity contribution in [3.63, 3.8) is 0 Å². The van der Waals surface area contributed by atoms with Crippen LogP contribution in [0.25, 0.3) is 10.4 Å². The third-order valence-electron chi connectivity index (χ3n) is 2.23. The molecule has 0 aromatic carbocycles. The van der Waals surface area contributed by atoms with Crippen molar-refractivity contribution >= 4 is 5.91 Å². The molecular weight excluding hydrogens is 170 g/mol. The highest BCUT2D eigenvalue weighted by Crippen LogP contribution is 2.09. The standard InChI is InChI=1S/C7H13N5O/c1-6(13)12-4-2-7(3-5-12)9-11-10-8/h7,9H,2-5H2,1H3. The summed E-state index contributed by atoms with van der Waals surface area (Å²) in [7, 11) is 0. The SMILES string of the molecule is CC(=O)N1CCC(NN=[N+]=[N-])CC1. The van der Waals surface area contributed by atoms with Crippen molar-refractivity contribution < 1.29 is 4.79 Å². The third-order valence-corrected chi connectivity index (χ3v) is 2.23. The van der Waals surface area contributed by atoms with E-state index in [0.717, 1.165) is 25.9 Å². The van der Waals surface area contributed by atoms with Crippen molar-refractivity contribution in [3.05, 3.63) is 10.4 Å². The Kier molecular flexibility index (Phi) is 3.40. The van der Waals surface area contributed by atoms with Gasteiger partial charge in [-0.15, -0.1) is 5.53 Å². The number of rotatable bonds is 2. The molecule has 6 heteroatoms. The van der Waals surface area contributed by atoms with Crippen LogP contribution in [-0.4, -0.2) is 29.9 Å². The minimum atomic E-state index is 0.113. The maximum atomic E-state index is 10.9. The number of hydrogen-bond acceptors (Lipinski definition) is 2. The number of hydrogen-bond donors (Lipinski definition) is 1. The molecule has 1 aliphatic rings. The first-order valence-corrected chi connectivity index (χ1v) is 4.29. The first-order chi connectivity index (χ1) is 6.24. The zero-order valence-corrected chi connectivity index (χ0v) is 7.60. The maximum absolute atomic E-state index is 10.9. The Hall–Kier alpha value is -1.42. The highest BCUT2D eigenvalue weighted by atomic mass is 16.2. The van der Waals surface area contributed by atoms with Gasteiger partial charge in [-0.3, -0.25) is 10.2 Å². The number of carbonyl (C=O) groups is 1. The van der Waals surface area contributed by atoms with Crippen molar-refractivity contribution in [2.24, 2.45) is 5.22 Å². The lowest BCUT2D eigenvalue weighted by molar-refractivity contribution is -0.129. The number of likely N-dealkylation sites (tertiary alicyclic amines) is 1. The molecule has 0 bridgehead atoms. The largest absolute Gasteiger partial charge is 0.343 e. The third kappa shape index (κ3) is 2.83. The molecule has 1 amide bonds. The predicted octanol–water partition coefficient (Wildman–Crippen LogP) is 0.812. The van der Waals surface area contributed by atoms with Crippen LogP contribution in [0.5, 0.6) is 0 Å². The molecule has 1 aliphatic heterocycles. The molecular formula is C7H13N5O. The van der Waals surface area contributed by atoms with E-state index in [9.17, 15) is 4.79 Å². The average Bonchev–Trinajstić information content (AvgIpc) is 2.15. The number of amides is 1. The summed E-state index contributed by atoms with van der Waals surface area (Å²) in [6, 6.07) is 0.214. The van der Waals surface area contributed by atoms with E-state index >= 15 is 0 Å². The second-order valence-corrected chi connectivity index (χ2v) is 3.10. The first kappa shape index (κ1) is 9.67. The topological polar surface area (TPSA) is 81.1 Å². The van der Waals surface area contributed by atoms with Gasteiger partial charge in [-0.05, 0) is 5.22 Å². The van der Waals surface area contributed by atoms with Crippen LogP contribution >= 0.6 is 0 Å². The van der Waals surface area contributed by atoms with Crippen LogP contribution < -0.4 is 5.43 Å². The van der Waals surface area contributed by atoms with E-state index in [2.05, 4.69) is 15.6 Å². The minimum absolute atomic E-state index is 0.113. The Balaban J connectivity index is 2.30. The van der Waals surface area contributed by atoms with E-state index in [1.807, 2.05) is 0 Å². The van der Waals surface area contributed by atoms with E-state index in [4.69, 9.17) is 5.53 Å². The molecule has 0 radical (unpaired) electrons. The predicted molar refractivity (Wildman–Crippen MR) is 47.6 cm³/mol. The summed E-state index contributed by atoms with van der Waals surface area (Å²) in [5, 5.41) is 3.29. The fourth-order valence-corrected chi connectivity index (χ4v) is 1.43. The first-order valence-electron chi connectivity index (χ1n) is 4.29. The zero-order valence-electron chi connectivity index (χ0n) is 7.60. The Morgan fingerprint density at radius 2 is 2.23 bits per heavy atom. The molecule has 0 spiro atoms. The van der Waals surface area contributed by atoms with Crippen molar-refractivity contribution in [1.29, 1.82) is 0 Å². The lowest BCUT2D eigenvalue weighted by atomic mass is 10.1. The van der Waals surface area contributed by atoms with Crippen molar-refractivity contribution in [2.75, 3.05) is 13.1 Å². The van der Waals surface area contributed by atoms with Gasteiger partial charge < -0.3 is 4.90 Å². The molecule has 0 unspecified atom stereocenters. The van der Waals surface area contributed by atoms with Crippen molar-refractivity contribution in [1.82, 2.24) is 10.3 Å². The summed E-state index contributed by atoms with van der Waals surface area (Å²) in [6.07, 6.45) is 1.69. The highest BCUT2D eigenvalue weighted by molar-refractivity contribution is 5.73. The average molecular weight is 183 g/mol. The summed E-state index contributed by atoms with van der Waals surface area (Å²) in [5.41, 5.74) is 10.8. The number of piperidine rings is 1. The van der Waals surface area contributed by atoms with Crippen molar-refractivity contribution in [3.8, 4) is 0 Å². The van der Waals surface area contributed by atoms with E-state index in [1.54, 1.807) is 11.8 Å². The van der Waals surface area contributed by atoms with Gasteiger partial charge in [0.15, 0.2) is 0 Å². The monoisotopic (exact) mass is 183 g/mol. The van der Waals surface area contributed by atoms with E-state index < -0.39 is 0 Å². The van der Waals surface area contributed by atoms with Gasteiger partial charge in [0.25, 0.3) is 0 Å². The van der Waals surface area contributed by atoms with Gasteiger partial charge in [0, 0.05) is 32.9 Å². The maximum Gasteiger partial charge on any atom is 0.219 e. The van der Waals surface area contributed by atoms with Gasteiger partial charge in [0.05, 0.1) is 6.04 Å². The number of nitrogens with one attached hydrogen (secondary N) is 1. The van der Waals surface area contributed by atoms with Crippen LogP contribution in [-0.2, 0) is 4.79 Å². The zero-order chi connectivity index (χ0) is 9.68. The van der Waals surface area contributed by atoms with Gasteiger partial charge >= 0.3 is 0 Å². The molecule has 1 fully saturated rings. The Labute approximate surface area is 76.5 Å². The molecule has 1 heterocycles. The van der Waals surface area contributed by atoms with Gasteiger partial charge in [0.1, 0.15) is 0 Å². The molecule has 0 saturated carbocycles. The van der Waals surface area contributed by atoms with Gasteiger partial charge in [-0.1, -0.05) is 0 Å². The van der Waals surface area contributed by atoms with Crippen LogP contribution in [0.4, 0.5) is 0 Å². The minimum Gasteiger partial charge on any atom is -0.343 e. The second-order valence-electron chi connectivity index (χ2n) is 3.10. The summed E-state index contributed by atoms with van der Waals surface area (Å²) in [6.45, 7) is 3.06. The lowest BCUT2D eigenvalue weighted by Gasteiger charge is -2.29. The molecule has 1 rings (SSSR count). The summed E-state index contributed by atoms with van der Waals surface area (Å²) in [5.74, 6) is 0.113. The van der Waals surface area contributed by atoms with E-state index in [-0.39, 0.29) is 11.9 Å². The highest BCUT2D eigenvalue weighted by Gasteiger charge is 2.21. The van der Waals surface area contributed by atoms with Gasteiger partial charge in [-0.2, -0.15) is 4.91 Å². The summed E-state index contributed by atoms with van der Waals surface area (Å²) in [4.78, 5) is 15.4. The van der Waals surface area contributed by atoms with Crippen molar-refractivity contribution in [2.45, 2.75) is 25.8 Å². The molecule has 1 N–H and O–H groups in total. The van der Waals surface area contributed by atoms with E-state index in [0.29, 0.717) is 0 Å². The number of azide groups is 1. The van der Waals surface area contributed by atoms with Crippen LogP contribution in [0.1, 0.15) is 19.8 Å². The van der Waals surface area contributed by atoms with Crippen LogP contribution in [0, 0.1) is 0 Å². The van der Waals surface area contributed by atoms with Crippen LogP contribution in [0.3, 0.4) is 0 Å². The molecule has 0 atom stereocenters. The second kappa shape index (κ2) is 4.57. The smallest absolute Gasteiger partial charge is 0.219 e. The lowest BCUT2D eigenvalue weighted by Crippen LogP contribution is -2.42. The Morgan fingerprint density at radius 1 is 1.62 bits per heavy atom.